The summed E-state index contributed by atoms with van der Waals surface area (Å²) in [5.74, 6) is 0.0966. The Morgan fingerprint density at radius 3 is 2.42 bits per heavy atom. The van der Waals surface area contributed by atoms with E-state index in [0.29, 0.717) is 12.4 Å². The van der Waals surface area contributed by atoms with Gasteiger partial charge in [0.05, 0.1) is 23.2 Å². The summed E-state index contributed by atoms with van der Waals surface area (Å²) in [6.45, 7) is -0.0199. The van der Waals surface area contributed by atoms with E-state index in [-0.39, 0.29) is 10.7 Å². The minimum Gasteiger partial charge on any atom is -0.489 e. The van der Waals surface area contributed by atoms with Crippen molar-refractivity contribution in [2.24, 2.45) is 5.10 Å². The average Bonchev–Trinajstić information content (AvgIpc) is 2.87. The van der Waals surface area contributed by atoms with E-state index < -0.39 is 22.5 Å². The van der Waals surface area contributed by atoms with Crippen molar-refractivity contribution in [3.8, 4) is 5.75 Å². The number of benzene rings is 4. The number of nitrogens with one attached hydrogen (secondary N) is 1. The maximum absolute atomic E-state index is 12.3. The van der Waals surface area contributed by atoms with Gasteiger partial charge in [-0.15, -0.1) is 0 Å². The first-order valence-corrected chi connectivity index (χ1v) is 13.3. The molecule has 0 aliphatic carbocycles. The molecule has 0 spiro atoms. The SMILES string of the molecule is CS(=O)(=O)N(CC(=O)N/N=C\c1ccc(OCc2cccc3ccccc23)cc1)c1ccccc1Cl. The smallest absolute Gasteiger partial charge is 0.260 e. The summed E-state index contributed by atoms with van der Waals surface area (Å²) >= 11 is 6.11. The first kappa shape index (κ1) is 25.2. The number of para-hydroxylation sites is 1. The van der Waals surface area contributed by atoms with E-state index in [9.17, 15) is 13.2 Å². The molecule has 0 radical (unpaired) electrons. The standard InChI is InChI=1S/C27H24ClN3O4S/c1-36(33,34)31(26-12-5-4-11-25(26)28)18-27(32)30-29-17-20-13-15-23(16-14-20)35-19-22-9-6-8-21-7-2-3-10-24(21)22/h2-17H,18-19H2,1H3,(H,30,32)/b29-17-. The van der Waals surface area contributed by atoms with Crippen LogP contribution in [0, 0.1) is 0 Å². The van der Waals surface area contributed by atoms with Crippen LogP contribution in [-0.2, 0) is 21.4 Å². The molecule has 0 heterocycles. The van der Waals surface area contributed by atoms with Crippen LogP contribution in [0.15, 0.2) is 96.1 Å². The molecular weight excluding hydrogens is 498 g/mol. The lowest BCUT2D eigenvalue weighted by Gasteiger charge is -2.22. The number of carbonyl (C=O) groups is 1. The van der Waals surface area contributed by atoms with E-state index in [1.54, 1.807) is 30.3 Å². The van der Waals surface area contributed by atoms with Gasteiger partial charge in [-0.2, -0.15) is 5.10 Å². The summed E-state index contributed by atoms with van der Waals surface area (Å²) in [5, 5.41) is 6.48. The number of hydrogen-bond donors (Lipinski definition) is 1. The quantitative estimate of drug-likeness (QED) is 0.248. The summed E-state index contributed by atoms with van der Waals surface area (Å²) in [5.41, 5.74) is 4.41. The Hall–Kier alpha value is -3.88. The Labute approximate surface area is 215 Å². The fourth-order valence-electron chi connectivity index (χ4n) is 3.61. The third kappa shape index (κ3) is 6.41. The molecule has 1 amide bonds. The number of nitrogens with zero attached hydrogens (tertiary/aromatic N) is 2. The summed E-state index contributed by atoms with van der Waals surface area (Å²) < 4.78 is 31.3. The maximum Gasteiger partial charge on any atom is 0.260 e. The fourth-order valence-corrected chi connectivity index (χ4v) is 4.77. The van der Waals surface area contributed by atoms with Gasteiger partial charge in [0.25, 0.3) is 5.91 Å². The van der Waals surface area contributed by atoms with E-state index >= 15 is 0 Å². The Balaban J connectivity index is 1.33. The molecule has 7 nitrogen and oxygen atoms in total. The summed E-state index contributed by atoms with van der Waals surface area (Å²) in [6.07, 6.45) is 2.48. The van der Waals surface area contributed by atoms with Crippen molar-refractivity contribution in [3.05, 3.63) is 107 Å². The second kappa shape index (κ2) is 11.2. The molecular formula is C27H24ClN3O4S. The van der Waals surface area contributed by atoms with Crippen molar-refractivity contribution < 1.29 is 17.9 Å². The van der Waals surface area contributed by atoms with Crippen LogP contribution in [-0.4, -0.2) is 33.3 Å². The molecule has 0 atom stereocenters. The van der Waals surface area contributed by atoms with Crippen LogP contribution >= 0.6 is 11.6 Å². The maximum atomic E-state index is 12.3. The van der Waals surface area contributed by atoms with Crippen molar-refractivity contribution in [2.75, 3.05) is 17.1 Å². The van der Waals surface area contributed by atoms with Gasteiger partial charge < -0.3 is 4.74 Å². The van der Waals surface area contributed by atoms with Crippen LogP contribution in [0.4, 0.5) is 5.69 Å². The topological polar surface area (TPSA) is 88.1 Å². The largest absolute Gasteiger partial charge is 0.489 e. The van der Waals surface area contributed by atoms with Crippen LogP contribution in [0.2, 0.25) is 5.02 Å². The van der Waals surface area contributed by atoms with Crippen LogP contribution < -0.4 is 14.5 Å². The second-order valence-corrected chi connectivity index (χ2v) is 10.3. The van der Waals surface area contributed by atoms with Gasteiger partial charge in [-0.25, -0.2) is 13.8 Å². The first-order valence-electron chi connectivity index (χ1n) is 11.0. The third-order valence-corrected chi connectivity index (χ3v) is 6.81. The van der Waals surface area contributed by atoms with Gasteiger partial charge in [0.2, 0.25) is 10.0 Å². The highest BCUT2D eigenvalue weighted by molar-refractivity contribution is 7.92. The van der Waals surface area contributed by atoms with Gasteiger partial charge in [0, 0.05) is 0 Å². The monoisotopic (exact) mass is 521 g/mol. The molecule has 0 bridgehead atoms. The molecule has 0 saturated carbocycles. The number of anilines is 1. The summed E-state index contributed by atoms with van der Waals surface area (Å²) in [7, 11) is -3.73. The molecule has 0 unspecified atom stereocenters. The molecule has 4 aromatic rings. The molecule has 0 fully saturated rings. The zero-order chi connectivity index (χ0) is 25.5. The van der Waals surface area contributed by atoms with Gasteiger partial charge >= 0.3 is 0 Å². The molecule has 0 saturated heterocycles. The van der Waals surface area contributed by atoms with E-state index in [1.165, 1.54) is 17.7 Å². The molecule has 36 heavy (non-hydrogen) atoms. The molecule has 1 N–H and O–H groups in total. The lowest BCUT2D eigenvalue weighted by atomic mass is 10.1. The van der Waals surface area contributed by atoms with Gasteiger partial charge in [0.1, 0.15) is 18.9 Å². The number of hydrazone groups is 1. The Bertz CT molecular complexity index is 1500. The number of carbonyl (C=O) groups excluding carboxylic acids is 1. The number of hydrogen-bond acceptors (Lipinski definition) is 5. The molecule has 4 aromatic carbocycles. The zero-order valence-electron chi connectivity index (χ0n) is 19.5. The van der Waals surface area contributed by atoms with E-state index in [1.807, 2.05) is 36.4 Å². The van der Waals surface area contributed by atoms with Crippen molar-refractivity contribution in [1.82, 2.24) is 5.43 Å². The van der Waals surface area contributed by atoms with Crippen LogP contribution in [0.5, 0.6) is 5.75 Å². The van der Waals surface area contributed by atoms with Crippen molar-refractivity contribution >= 4 is 50.2 Å². The fraction of sp³-hybridized carbons (Fsp3) is 0.111. The van der Waals surface area contributed by atoms with Crippen molar-refractivity contribution in [3.63, 3.8) is 0 Å². The van der Waals surface area contributed by atoms with Gasteiger partial charge in [0.15, 0.2) is 0 Å². The zero-order valence-corrected chi connectivity index (χ0v) is 21.0. The third-order valence-electron chi connectivity index (χ3n) is 5.37. The number of sulfonamides is 1. The number of fused-ring (bicyclic) bond motifs is 1. The number of rotatable bonds is 9. The molecule has 0 aliphatic heterocycles. The highest BCUT2D eigenvalue weighted by Gasteiger charge is 2.22. The number of halogens is 1. The molecule has 9 heteroatoms. The van der Waals surface area contributed by atoms with Gasteiger partial charge in [-0.1, -0.05) is 66.2 Å². The van der Waals surface area contributed by atoms with E-state index in [2.05, 4.69) is 28.7 Å². The highest BCUT2D eigenvalue weighted by atomic mass is 35.5. The van der Waals surface area contributed by atoms with Crippen molar-refractivity contribution in [2.45, 2.75) is 6.61 Å². The molecule has 0 aliphatic rings. The van der Waals surface area contributed by atoms with Gasteiger partial charge in [-0.05, 0) is 58.3 Å². The normalized spacial score (nSPS) is 11.5. The second-order valence-electron chi connectivity index (χ2n) is 8.01. The lowest BCUT2D eigenvalue weighted by molar-refractivity contribution is -0.119. The first-order chi connectivity index (χ1) is 17.3. The summed E-state index contributed by atoms with van der Waals surface area (Å²) in [6, 6.07) is 27.9. The Morgan fingerprint density at radius 1 is 0.972 bits per heavy atom. The summed E-state index contributed by atoms with van der Waals surface area (Å²) in [4.78, 5) is 12.3. The molecule has 4 rings (SSSR count). The Kier molecular flexibility index (Phi) is 7.87. The van der Waals surface area contributed by atoms with Crippen LogP contribution in [0.25, 0.3) is 10.8 Å². The number of ether oxygens (including phenoxy) is 1. The molecule has 184 valence electrons. The van der Waals surface area contributed by atoms with E-state index in [4.69, 9.17) is 16.3 Å². The van der Waals surface area contributed by atoms with Gasteiger partial charge in [-0.3, -0.25) is 9.10 Å². The predicted molar refractivity (Wildman–Crippen MR) is 144 cm³/mol. The Morgan fingerprint density at radius 2 is 1.67 bits per heavy atom. The van der Waals surface area contributed by atoms with Crippen molar-refractivity contribution in [1.29, 1.82) is 0 Å². The highest BCUT2D eigenvalue weighted by Crippen LogP contribution is 2.27. The van der Waals surface area contributed by atoms with E-state index in [0.717, 1.165) is 27.1 Å². The van der Waals surface area contributed by atoms with Crippen LogP contribution in [0.1, 0.15) is 11.1 Å². The lowest BCUT2D eigenvalue weighted by Crippen LogP contribution is -2.39. The van der Waals surface area contributed by atoms with Crippen LogP contribution in [0.3, 0.4) is 0 Å². The minimum absolute atomic E-state index is 0.222. The molecule has 0 aromatic heterocycles. The predicted octanol–water partition coefficient (Wildman–Crippen LogP) is 4.99. The minimum atomic E-state index is -3.73. The number of amides is 1. The average molecular weight is 522 g/mol.